The minimum Gasteiger partial charge on any atom is -0.494 e. The summed E-state index contributed by atoms with van der Waals surface area (Å²) < 4.78 is 7.55. The van der Waals surface area contributed by atoms with Gasteiger partial charge in [0.15, 0.2) is 5.65 Å². The van der Waals surface area contributed by atoms with Gasteiger partial charge in [-0.25, -0.2) is 14.6 Å². The van der Waals surface area contributed by atoms with Crippen LogP contribution in [0, 0.1) is 5.92 Å². The largest absolute Gasteiger partial charge is 0.494 e. The second kappa shape index (κ2) is 11.5. The zero-order valence-corrected chi connectivity index (χ0v) is 22.8. The predicted octanol–water partition coefficient (Wildman–Crippen LogP) is 2.55. The van der Waals surface area contributed by atoms with Crippen molar-refractivity contribution in [2.24, 2.45) is 5.92 Å². The molecule has 4 heterocycles. The van der Waals surface area contributed by atoms with Crippen LogP contribution in [-0.4, -0.2) is 98.6 Å². The van der Waals surface area contributed by atoms with Crippen LogP contribution in [0.15, 0.2) is 36.8 Å². The molecular formula is C29H39N7O3. The number of aliphatic hydroxyl groups is 1. The average Bonchev–Trinajstić information content (AvgIpc) is 3.59. The number of likely N-dealkylation sites (tertiary alicyclic amines) is 1. The van der Waals surface area contributed by atoms with Crippen molar-refractivity contribution < 1.29 is 14.6 Å². The molecule has 1 amide bonds. The van der Waals surface area contributed by atoms with Gasteiger partial charge in [-0.3, -0.25) is 9.69 Å². The third-order valence-corrected chi connectivity index (χ3v) is 8.60. The summed E-state index contributed by atoms with van der Waals surface area (Å²) in [6.07, 6.45) is 8.19. The maximum absolute atomic E-state index is 13.3. The highest BCUT2D eigenvalue weighted by molar-refractivity contribution is 5.87. The Morgan fingerprint density at radius 3 is 2.62 bits per heavy atom. The van der Waals surface area contributed by atoms with E-state index in [0.29, 0.717) is 38.2 Å². The summed E-state index contributed by atoms with van der Waals surface area (Å²) in [5.41, 5.74) is 1.91. The number of β-amino-alcohol motifs (C(OH)–C–C–N with tert-alkyl or cyclic N) is 1. The molecular weight excluding hydrogens is 494 g/mol. The molecule has 0 unspecified atom stereocenters. The number of aromatic nitrogens is 4. The molecule has 3 aromatic rings. The Kier molecular flexibility index (Phi) is 7.65. The van der Waals surface area contributed by atoms with E-state index < -0.39 is 0 Å². The number of piperazine rings is 1. The van der Waals surface area contributed by atoms with Crippen molar-refractivity contribution in [2.45, 2.75) is 57.7 Å². The van der Waals surface area contributed by atoms with Gasteiger partial charge in [0.2, 0.25) is 5.91 Å². The molecule has 0 radical (unpaired) electrons. The maximum atomic E-state index is 13.3. The van der Waals surface area contributed by atoms with Crippen molar-refractivity contribution >= 4 is 22.8 Å². The number of amides is 1. The number of anilines is 1. The van der Waals surface area contributed by atoms with Crippen LogP contribution < -0.4 is 9.64 Å². The SMILES string of the molecule is CCOc1cccc(Cn2ncc3c(N4CCN(C(=O)[C@H]5CC[C@H](N6CC[C@H](O)C6)CC5)CC4)ncnc32)c1. The molecule has 10 heteroatoms. The monoisotopic (exact) mass is 533 g/mol. The fourth-order valence-electron chi connectivity index (χ4n) is 6.51. The Bertz CT molecular complexity index is 1280. The fraction of sp³-hybridized carbons (Fsp3) is 0.586. The number of hydrogen-bond acceptors (Lipinski definition) is 8. The summed E-state index contributed by atoms with van der Waals surface area (Å²) in [6, 6.07) is 8.59. The van der Waals surface area contributed by atoms with Gasteiger partial charge in [0.25, 0.3) is 0 Å². The molecule has 1 aromatic carbocycles. The van der Waals surface area contributed by atoms with Gasteiger partial charge in [-0.15, -0.1) is 0 Å². The first-order valence-electron chi connectivity index (χ1n) is 14.4. The van der Waals surface area contributed by atoms with E-state index in [2.05, 4.69) is 30.9 Å². The summed E-state index contributed by atoms with van der Waals surface area (Å²) in [5, 5.41) is 15.4. The van der Waals surface area contributed by atoms with Crippen LogP contribution in [0.3, 0.4) is 0 Å². The van der Waals surface area contributed by atoms with E-state index in [-0.39, 0.29) is 12.0 Å². The van der Waals surface area contributed by atoms with Crippen LogP contribution in [0.2, 0.25) is 0 Å². The summed E-state index contributed by atoms with van der Waals surface area (Å²) in [4.78, 5) is 29.2. The van der Waals surface area contributed by atoms with Crippen LogP contribution in [0.4, 0.5) is 5.82 Å². The number of carbonyl (C=O) groups is 1. The summed E-state index contributed by atoms with van der Waals surface area (Å²) >= 11 is 0. The van der Waals surface area contributed by atoms with Gasteiger partial charge in [-0.2, -0.15) is 5.10 Å². The lowest BCUT2D eigenvalue weighted by atomic mass is 9.84. The first-order valence-corrected chi connectivity index (χ1v) is 14.4. The minimum atomic E-state index is -0.177. The number of rotatable bonds is 7. The van der Waals surface area contributed by atoms with E-state index >= 15 is 0 Å². The lowest BCUT2D eigenvalue weighted by molar-refractivity contribution is -0.137. The number of hydrogen-bond donors (Lipinski definition) is 1. The van der Waals surface area contributed by atoms with E-state index in [9.17, 15) is 9.90 Å². The highest BCUT2D eigenvalue weighted by Gasteiger charge is 2.35. The minimum absolute atomic E-state index is 0.130. The molecule has 10 nitrogen and oxygen atoms in total. The van der Waals surface area contributed by atoms with Crippen molar-refractivity contribution in [3.05, 3.63) is 42.4 Å². The van der Waals surface area contributed by atoms with Crippen molar-refractivity contribution in [2.75, 3.05) is 50.8 Å². The van der Waals surface area contributed by atoms with Crippen LogP contribution in [0.25, 0.3) is 11.0 Å². The molecule has 0 bridgehead atoms. The lowest BCUT2D eigenvalue weighted by Crippen LogP contribution is -2.51. The van der Waals surface area contributed by atoms with Gasteiger partial charge < -0.3 is 19.6 Å². The van der Waals surface area contributed by atoms with E-state index in [1.165, 1.54) is 0 Å². The fourth-order valence-corrected chi connectivity index (χ4v) is 6.51. The maximum Gasteiger partial charge on any atom is 0.225 e. The van der Waals surface area contributed by atoms with Gasteiger partial charge in [0.05, 0.1) is 30.8 Å². The van der Waals surface area contributed by atoms with Crippen LogP contribution in [0.1, 0.15) is 44.6 Å². The highest BCUT2D eigenvalue weighted by atomic mass is 16.5. The molecule has 6 rings (SSSR count). The molecule has 2 saturated heterocycles. The molecule has 1 N–H and O–H groups in total. The second-order valence-electron chi connectivity index (χ2n) is 11.1. The number of nitrogens with zero attached hydrogens (tertiary/aromatic N) is 7. The van der Waals surface area contributed by atoms with Crippen molar-refractivity contribution in [3.63, 3.8) is 0 Å². The van der Waals surface area contributed by atoms with Crippen LogP contribution in [-0.2, 0) is 11.3 Å². The van der Waals surface area contributed by atoms with Crippen molar-refractivity contribution in [1.29, 1.82) is 0 Å². The number of carbonyl (C=O) groups excluding carboxylic acids is 1. The predicted molar refractivity (Wildman–Crippen MR) is 149 cm³/mol. The second-order valence-corrected chi connectivity index (χ2v) is 11.1. The topological polar surface area (TPSA) is 99.9 Å². The average molecular weight is 534 g/mol. The van der Waals surface area contributed by atoms with Gasteiger partial charge >= 0.3 is 0 Å². The smallest absolute Gasteiger partial charge is 0.225 e. The molecule has 1 aliphatic carbocycles. The molecule has 2 aromatic heterocycles. The van der Waals surface area contributed by atoms with Gasteiger partial charge in [-0.05, 0) is 56.7 Å². The summed E-state index contributed by atoms with van der Waals surface area (Å²) in [6.45, 7) is 7.92. The third kappa shape index (κ3) is 5.58. The van der Waals surface area contributed by atoms with E-state index in [0.717, 1.165) is 86.4 Å². The van der Waals surface area contributed by atoms with E-state index in [1.807, 2.05) is 40.9 Å². The molecule has 39 heavy (non-hydrogen) atoms. The molecule has 208 valence electrons. The quantitative estimate of drug-likeness (QED) is 0.495. The molecule has 3 fully saturated rings. The zero-order valence-electron chi connectivity index (χ0n) is 22.8. The van der Waals surface area contributed by atoms with E-state index in [4.69, 9.17) is 4.74 Å². The number of fused-ring (bicyclic) bond motifs is 1. The van der Waals surface area contributed by atoms with Crippen LogP contribution in [0.5, 0.6) is 5.75 Å². The first kappa shape index (κ1) is 26.0. The van der Waals surface area contributed by atoms with Gasteiger partial charge in [0.1, 0.15) is 17.9 Å². The van der Waals surface area contributed by atoms with Crippen LogP contribution >= 0.6 is 0 Å². The Balaban J connectivity index is 1.06. The first-order chi connectivity index (χ1) is 19.1. The van der Waals surface area contributed by atoms with Crippen molar-refractivity contribution in [3.8, 4) is 5.75 Å². The number of benzene rings is 1. The third-order valence-electron chi connectivity index (χ3n) is 8.60. The highest BCUT2D eigenvalue weighted by Crippen LogP contribution is 2.31. The lowest BCUT2D eigenvalue weighted by Gasteiger charge is -2.39. The van der Waals surface area contributed by atoms with E-state index in [1.54, 1.807) is 6.33 Å². The Morgan fingerprint density at radius 2 is 1.87 bits per heavy atom. The Hall–Kier alpha value is -3.24. The van der Waals surface area contributed by atoms with Crippen molar-refractivity contribution in [1.82, 2.24) is 29.5 Å². The zero-order chi connectivity index (χ0) is 26.8. The normalized spacial score (nSPS) is 24.4. The Morgan fingerprint density at radius 1 is 1.05 bits per heavy atom. The molecule has 1 saturated carbocycles. The number of ether oxygens (including phenoxy) is 1. The molecule has 3 aliphatic rings. The van der Waals surface area contributed by atoms with Gasteiger partial charge in [-0.1, -0.05) is 12.1 Å². The standard InChI is InChI=1S/C29H39N7O3/c1-2-39-25-5-3-4-21(16-25)18-36-28-26(17-32-36)27(30-20-31-28)33-12-14-34(15-13-33)29(38)22-6-8-23(9-7-22)35-11-10-24(37)19-35/h3-5,16-17,20,22-24,37H,2,6-15,18-19H2,1H3/t22-,23-,24-/m0/s1. The number of aliphatic hydroxyl groups excluding tert-OH is 1. The molecule has 0 spiro atoms. The van der Waals surface area contributed by atoms with Gasteiger partial charge in [0, 0.05) is 51.2 Å². The summed E-state index contributed by atoms with van der Waals surface area (Å²) in [5.74, 6) is 2.18. The summed E-state index contributed by atoms with van der Waals surface area (Å²) in [7, 11) is 0. The Labute approximate surface area is 229 Å². The molecule has 2 aliphatic heterocycles. The molecule has 1 atom stereocenters.